The number of nitrogens with one attached hydrogen (secondary N) is 1. The number of carboxylic acid groups (broad SMARTS) is 1. The van der Waals surface area contributed by atoms with E-state index in [4.69, 9.17) is 5.11 Å². The second-order valence-corrected chi connectivity index (χ2v) is 3.22. The highest BCUT2D eigenvalue weighted by Crippen LogP contribution is 2.30. The average molecular weight is 184 g/mol. The molecule has 2 N–H and O–H groups in total. The number of hydrogen-bond donors (Lipinski definition) is 2. The minimum Gasteiger partial charge on any atom is -0.476 e. The summed E-state index contributed by atoms with van der Waals surface area (Å²) in [6, 6.07) is 0. The van der Waals surface area contributed by atoms with Crippen molar-refractivity contribution in [3.63, 3.8) is 0 Å². The molecule has 62 valence electrons. The minimum atomic E-state index is -1.10. The molecule has 1 amide bonds. The van der Waals surface area contributed by atoms with Crippen LogP contribution in [0.25, 0.3) is 0 Å². The van der Waals surface area contributed by atoms with Gasteiger partial charge in [0.05, 0.1) is 17.0 Å². The van der Waals surface area contributed by atoms with Crippen molar-refractivity contribution in [2.75, 3.05) is 5.32 Å². The zero-order valence-corrected chi connectivity index (χ0v) is 6.64. The number of aromatic carboxylic acids is 1. The maximum atomic E-state index is 10.8. The van der Waals surface area contributed by atoms with Crippen molar-refractivity contribution >= 4 is 29.1 Å². The molecule has 2 heterocycles. The predicted molar refractivity (Wildman–Crippen MR) is 41.4 cm³/mol. The highest BCUT2D eigenvalue weighted by Gasteiger charge is 2.27. The van der Waals surface area contributed by atoms with Gasteiger partial charge < -0.3 is 10.4 Å². The third-order valence-electron chi connectivity index (χ3n) is 1.55. The van der Waals surface area contributed by atoms with Gasteiger partial charge >= 0.3 is 5.97 Å². The van der Waals surface area contributed by atoms with E-state index in [-0.39, 0.29) is 18.0 Å². The summed E-state index contributed by atoms with van der Waals surface area (Å²) >= 11 is 1.06. The number of fused-ring (bicyclic) bond motifs is 1. The van der Waals surface area contributed by atoms with Gasteiger partial charge in [-0.25, -0.2) is 4.79 Å². The van der Waals surface area contributed by atoms with Gasteiger partial charge in [-0.3, -0.25) is 4.79 Å². The second-order valence-electron chi connectivity index (χ2n) is 2.36. The maximum Gasteiger partial charge on any atom is 0.357 e. The first-order valence-electron chi connectivity index (χ1n) is 3.20. The van der Waals surface area contributed by atoms with E-state index in [1.54, 1.807) is 0 Å². The number of rotatable bonds is 1. The lowest BCUT2D eigenvalue weighted by Gasteiger charge is -1.92. The van der Waals surface area contributed by atoms with Crippen LogP contribution >= 0.6 is 11.5 Å². The Morgan fingerprint density at radius 1 is 1.67 bits per heavy atom. The average Bonchev–Trinajstić information content (AvgIpc) is 2.43. The second kappa shape index (κ2) is 2.28. The molecule has 0 radical (unpaired) electrons. The van der Waals surface area contributed by atoms with Crippen LogP contribution in [0.1, 0.15) is 15.4 Å². The lowest BCUT2D eigenvalue weighted by Crippen LogP contribution is -2.08. The Labute approximate surface area is 71.2 Å². The monoisotopic (exact) mass is 184 g/mol. The summed E-state index contributed by atoms with van der Waals surface area (Å²) in [5.41, 5.74) is 0.318. The van der Waals surface area contributed by atoms with Gasteiger partial charge in [-0.05, 0) is 11.5 Å². The third-order valence-corrected chi connectivity index (χ3v) is 2.39. The van der Waals surface area contributed by atoms with E-state index in [0.717, 1.165) is 11.5 Å². The maximum absolute atomic E-state index is 10.8. The fourth-order valence-corrected chi connectivity index (χ4v) is 1.85. The zero-order valence-electron chi connectivity index (χ0n) is 5.83. The van der Waals surface area contributed by atoms with E-state index in [2.05, 4.69) is 9.69 Å². The Balaban J connectivity index is 2.50. The van der Waals surface area contributed by atoms with Crippen LogP contribution in [-0.2, 0) is 11.2 Å². The molecule has 0 saturated carbocycles. The molecule has 1 aliphatic rings. The smallest absolute Gasteiger partial charge is 0.357 e. The van der Waals surface area contributed by atoms with Gasteiger partial charge in [-0.2, -0.15) is 4.37 Å². The summed E-state index contributed by atoms with van der Waals surface area (Å²) in [5.74, 6) is -1.27. The Morgan fingerprint density at radius 2 is 2.42 bits per heavy atom. The molecule has 2 rings (SSSR count). The van der Waals surface area contributed by atoms with Crippen molar-refractivity contribution in [3.05, 3.63) is 10.6 Å². The van der Waals surface area contributed by atoms with Crippen molar-refractivity contribution in [2.45, 2.75) is 6.42 Å². The molecule has 5 nitrogen and oxygen atoms in total. The summed E-state index contributed by atoms with van der Waals surface area (Å²) < 4.78 is 3.70. The first kappa shape index (κ1) is 7.23. The van der Waals surface area contributed by atoms with Gasteiger partial charge in [0.2, 0.25) is 5.91 Å². The van der Waals surface area contributed by atoms with Gasteiger partial charge in [0, 0.05) is 0 Å². The molecule has 0 aromatic carbocycles. The molecule has 12 heavy (non-hydrogen) atoms. The molecule has 1 aromatic rings. The Bertz CT molecular complexity index is 371. The molecule has 0 spiro atoms. The summed E-state index contributed by atoms with van der Waals surface area (Å²) in [6.07, 6.45) is 0.250. The van der Waals surface area contributed by atoms with Crippen LogP contribution in [0.3, 0.4) is 0 Å². The Kier molecular flexibility index (Phi) is 1.37. The molecule has 0 unspecified atom stereocenters. The van der Waals surface area contributed by atoms with E-state index in [0.29, 0.717) is 10.6 Å². The van der Waals surface area contributed by atoms with Gasteiger partial charge in [-0.15, -0.1) is 0 Å². The number of hydrogen-bond acceptors (Lipinski definition) is 4. The zero-order chi connectivity index (χ0) is 8.72. The predicted octanol–water partition coefficient (Wildman–Crippen LogP) is 0.336. The molecule has 0 bridgehead atoms. The molecular weight excluding hydrogens is 180 g/mol. The highest BCUT2D eigenvalue weighted by atomic mass is 32.1. The van der Waals surface area contributed by atoms with Gasteiger partial charge in [0.1, 0.15) is 0 Å². The molecule has 6 heteroatoms. The van der Waals surface area contributed by atoms with E-state index in [1.165, 1.54) is 0 Å². The standard InChI is InChI=1S/C6H4N2O3S/c9-3-1-2-4(7-3)5(6(10)11)8-12-2/h1H2,(H,7,9)(H,10,11). The molecule has 0 atom stereocenters. The number of amides is 1. The van der Waals surface area contributed by atoms with Gasteiger partial charge in [-0.1, -0.05) is 0 Å². The fraction of sp³-hybridized carbons (Fsp3) is 0.167. The number of anilines is 1. The van der Waals surface area contributed by atoms with Crippen LogP contribution in [0.4, 0.5) is 5.69 Å². The lowest BCUT2D eigenvalue weighted by atomic mass is 10.3. The number of carbonyl (C=O) groups is 2. The summed E-state index contributed by atoms with van der Waals surface area (Å²) in [4.78, 5) is 22.0. The molecule has 0 aliphatic carbocycles. The molecule has 0 saturated heterocycles. The van der Waals surface area contributed by atoms with Crippen LogP contribution in [0.2, 0.25) is 0 Å². The van der Waals surface area contributed by atoms with Crippen molar-refractivity contribution in [2.24, 2.45) is 0 Å². The summed E-state index contributed by atoms with van der Waals surface area (Å²) in [7, 11) is 0. The number of carboxylic acids is 1. The lowest BCUT2D eigenvalue weighted by molar-refractivity contribution is -0.115. The van der Waals surface area contributed by atoms with E-state index < -0.39 is 5.97 Å². The van der Waals surface area contributed by atoms with Gasteiger partial charge in [0.25, 0.3) is 0 Å². The fourth-order valence-electron chi connectivity index (χ4n) is 1.05. The topological polar surface area (TPSA) is 79.3 Å². The quantitative estimate of drug-likeness (QED) is 0.659. The molecule has 1 aliphatic heterocycles. The number of carbonyl (C=O) groups excluding carboxylic acids is 1. The van der Waals surface area contributed by atoms with Crippen LogP contribution in [0, 0.1) is 0 Å². The SMILES string of the molecule is O=C1Cc2snc(C(=O)O)c2N1. The van der Waals surface area contributed by atoms with Crippen molar-refractivity contribution in [3.8, 4) is 0 Å². The molecular formula is C6H4N2O3S. The normalized spacial score (nSPS) is 14.2. The largest absolute Gasteiger partial charge is 0.476 e. The third kappa shape index (κ3) is 0.884. The van der Waals surface area contributed by atoms with Crippen molar-refractivity contribution in [1.29, 1.82) is 0 Å². The number of aromatic nitrogens is 1. The van der Waals surface area contributed by atoms with Crippen LogP contribution in [0.15, 0.2) is 0 Å². The van der Waals surface area contributed by atoms with E-state index in [1.807, 2.05) is 0 Å². The van der Waals surface area contributed by atoms with Crippen molar-refractivity contribution in [1.82, 2.24) is 4.37 Å². The van der Waals surface area contributed by atoms with E-state index in [9.17, 15) is 9.59 Å². The van der Waals surface area contributed by atoms with Crippen LogP contribution in [0.5, 0.6) is 0 Å². The molecule has 1 aromatic heterocycles. The Morgan fingerprint density at radius 3 is 3.08 bits per heavy atom. The van der Waals surface area contributed by atoms with Crippen LogP contribution < -0.4 is 5.32 Å². The highest BCUT2D eigenvalue weighted by molar-refractivity contribution is 7.07. The molecule has 0 fully saturated rings. The first-order chi connectivity index (χ1) is 5.68. The first-order valence-corrected chi connectivity index (χ1v) is 3.97. The van der Waals surface area contributed by atoms with Crippen molar-refractivity contribution < 1.29 is 14.7 Å². The van der Waals surface area contributed by atoms with Crippen LogP contribution in [-0.4, -0.2) is 21.4 Å². The number of nitrogens with zero attached hydrogens (tertiary/aromatic N) is 1. The Hall–Kier alpha value is -1.43. The summed E-state index contributed by atoms with van der Waals surface area (Å²) in [6.45, 7) is 0. The van der Waals surface area contributed by atoms with E-state index >= 15 is 0 Å². The van der Waals surface area contributed by atoms with Gasteiger partial charge in [0.15, 0.2) is 5.69 Å². The minimum absolute atomic E-state index is 0.0548. The summed E-state index contributed by atoms with van der Waals surface area (Å²) in [5, 5.41) is 11.1.